The highest BCUT2D eigenvalue weighted by molar-refractivity contribution is 9.10. The number of benzene rings is 2. The second kappa shape index (κ2) is 7.00. The molecule has 2 aromatic carbocycles. The van der Waals surface area contributed by atoms with E-state index in [1.807, 2.05) is 24.3 Å². The first-order valence-corrected chi connectivity index (χ1v) is 9.69. The van der Waals surface area contributed by atoms with E-state index in [9.17, 15) is 8.42 Å². The SMILES string of the molecule is COc1ccc(S(=O)(=O)n2nc(-c3ccc(Br)cc3)cc2N)cc1OC. The van der Waals surface area contributed by atoms with Crippen LogP contribution >= 0.6 is 15.9 Å². The fourth-order valence-corrected chi connectivity index (χ4v) is 3.90. The molecule has 3 aromatic rings. The number of nitrogen functional groups attached to an aromatic ring is 1. The first-order valence-electron chi connectivity index (χ1n) is 7.46. The Bertz CT molecular complexity index is 1050. The minimum Gasteiger partial charge on any atom is -0.493 e. The zero-order chi connectivity index (χ0) is 18.9. The fourth-order valence-electron chi connectivity index (χ4n) is 2.41. The second-order valence-electron chi connectivity index (χ2n) is 5.33. The maximum absolute atomic E-state index is 12.9. The van der Waals surface area contributed by atoms with Crippen LogP contribution in [0.1, 0.15) is 0 Å². The van der Waals surface area contributed by atoms with Gasteiger partial charge in [0, 0.05) is 22.2 Å². The van der Waals surface area contributed by atoms with Crippen molar-refractivity contribution in [2.45, 2.75) is 4.90 Å². The van der Waals surface area contributed by atoms with Gasteiger partial charge in [-0.1, -0.05) is 28.1 Å². The van der Waals surface area contributed by atoms with Crippen LogP contribution in [-0.4, -0.2) is 31.8 Å². The summed E-state index contributed by atoms with van der Waals surface area (Å²) in [5.74, 6) is 0.737. The van der Waals surface area contributed by atoms with Gasteiger partial charge in [0.25, 0.3) is 10.0 Å². The molecule has 0 unspecified atom stereocenters. The normalized spacial score (nSPS) is 11.3. The standard InChI is InChI=1S/C17H16BrN3O4S/c1-24-15-8-7-13(9-16(15)25-2)26(22,23)21-17(19)10-14(20-21)11-3-5-12(18)6-4-11/h3-10H,19H2,1-2H3. The molecule has 2 N–H and O–H groups in total. The molecule has 0 fully saturated rings. The first-order chi connectivity index (χ1) is 12.4. The van der Waals surface area contributed by atoms with Crippen molar-refractivity contribution < 1.29 is 17.9 Å². The minimum absolute atomic E-state index is 0.00712. The van der Waals surface area contributed by atoms with E-state index < -0.39 is 10.0 Å². The Morgan fingerprint density at radius 1 is 1.00 bits per heavy atom. The molecule has 26 heavy (non-hydrogen) atoms. The number of halogens is 1. The van der Waals surface area contributed by atoms with Gasteiger partial charge >= 0.3 is 0 Å². The smallest absolute Gasteiger partial charge is 0.285 e. The lowest BCUT2D eigenvalue weighted by Crippen LogP contribution is -2.17. The molecule has 0 spiro atoms. The van der Waals surface area contributed by atoms with E-state index in [1.165, 1.54) is 38.5 Å². The fraction of sp³-hybridized carbons (Fsp3) is 0.118. The van der Waals surface area contributed by atoms with Crippen LogP contribution in [0, 0.1) is 0 Å². The van der Waals surface area contributed by atoms with Crippen LogP contribution in [0.5, 0.6) is 11.5 Å². The van der Waals surface area contributed by atoms with Crippen molar-refractivity contribution >= 4 is 31.8 Å². The molecular weight excluding hydrogens is 422 g/mol. The number of ether oxygens (including phenoxy) is 2. The average Bonchev–Trinajstić information content (AvgIpc) is 3.04. The van der Waals surface area contributed by atoms with Crippen molar-refractivity contribution in [3.63, 3.8) is 0 Å². The maximum Gasteiger partial charge on any atom is 0.285 e. The molecule has 9 heteroatoms. The summed E-state index contributed by atoms with van der Waals surface area (Å²) in [7, 11) is -1.08. The number of hydrogen-bond acceptors (Lipinski definition) is 6. The molecule has 3 rings (SSSR count). The van der Waals surface area contributed by atoms with Gasteiger partial charge in [-0.25, -0.2) is 0 Å². The van der Waals surface area contributed by atoms with E-state index in [0.29, 0.717) is 17.2 Å². The highest BCUT2D eigenvalue weighted by atomic mass is 79.9. The van der Waals surface area contributed by atoms with Gasteiger partial charge in [-0.2, -0.15) is 13.5 Å². The summed E-state index contributed by atoms with van der Waals surface area (Å²) >= 11 is 3.36. The number of methoxy groups -OCH3 is 2. The summed E-state index contributed by atoms with van der Waals surface area (Å²) < 4.78 is 37.9. The maximum atomic E-state index is 12.9. The van der Waals surface area contributed by atoms with Crippen molar-refractivity contribution in [3.05, 3.63) is 53.0 Å². The van der Waals surface area contributed by atoms with Crippen molar-refractivity contribution in [1.29, 1.82) is 0 Å². The predicted octanol–water partition coefficient (Wildman–Crippen LogP) is 3.15. The zero-order valence-electron chi connectivity index (χ0n) is 14.0. The van der Waals surface area contributed by atoms with E-state index in [0.717, 1.165) is 14.1 Å². The van der Waals surface area contributed by atoms with E-state index in [2.05, 4.69) is 21.0 Å². The van der Waals surface area contributed by atoms with Gasteiger partial charge in [-0.15, -0.1) is 4.09 Å². The molecule has 0 radical (unpaired) electrons. The van der Waals surface area contributed by atoms with Crippen LogP contribution in [0.3, 0.4) is 0 Å². The molecule has 0 bridgehead atoms. The molecule has 1 aromatic heterocycles. The molecule has 0 aliphatic carbocycles. The van der Waals surface area contributed by atoms with E-state index in [-0.39, 0.29) is 10.7 Å². The second-order valence-corrected chi connectivity index (χ2v) is 8.01. The minimum atomic E-state index is -3.99. The lowest BCUT2D eigenvalue weighted by Gasteiger charge is -2.10. The number of rotatable bonds is 5. The number of nitrogens with two attached hydrogens (primary N) is 1. The summed E-state index contributed by atoms with van der Waals surface area (Å²) in [6.45, 7) is 0. The van der Waals surface area contributed by atoms with Crippen LogP contribution in [0.15, 0.2) is 57.9 Å². The van der Waals surface area contributed by atoms with Gasteiger partial charge < -0.3 is 15.2 Å². The summed E-state index contributed by atoms with van der Waals surface area (Å²) in [4.78, 5) is -0.00712. The van der Waals surface area contributed by atoms with Crippen LogP contribution in [-0.2, 0) is 10.0 Å². The van der Waals surface area contributed by atoms with Crippen molar-refractivity contribution in [2.75, 3.05) is 20.0 Å². The summed E-state index contributed by atoms with van der Waals surface area (Å²) in [6.07, 6.45) is 0. The Labute approximate surface area is 159 Å². The lowest BCUT2D eigenvalue weighted by molar-refractivity contribution is 0.354. The zero-order valence-corrected chi connectivity index (χ0v) is 16.4. The highest BCUT2D eigenvalue weighted by Crippen LogP contribution is 2.31. The number of aromatic nitrogens is 2. The summed E-state index contributed by atoms with van der Waals surface area (Å²) in [6, 6.07) is 13.1. The van der Waals surface area contributed by atoms with E-state index in [4.69, 9.17) is 15.2 Å². The Hall–Kier alpha value is -2.52. The van der Waals surface area contributed by atoms with Crippen LogP contribution in [0.25, 0.3) is 11.3 Å². The van der Waals surface area contributed by atoms with Crippen LogP contribution < -0.4 is 15.2 Å². The van der Waals surface area contributed by atoms with Gasteiger partial charge in [0.2, 0.25) is 0 Å². The molecule has 0 aliphatic heterocycles. The van der Waals surface area contributed by atoms with Crippen molar-refractivity contribution in [1.82, 2.24) is 9.19 Å². The van der Waals surface area contributed by atoms with Gasteiger partial charge in [-0.3, -0.25) is 0 Å². The van der Waals surface area contributed by atoms with Crippen molar-refractivity contribution in [3.8, 4) is 22.8 Å². The molecule has 136 valence electrons. The van der Waals surface area contributed by atoms with E-state index in [1.54, 1.807) is 0 Å². The Morgan fingerprint density at radius 2 is 1.65 bits per heavy atom. The third kappa shape index (κ3) is 3.27. The number of anilines is 1. The van der Waals surface area contributed by atoms with Crippen LogP contribution in [0.2, 0.25) is 0 Å². The molecular formula is C17H16BrN3O4S. The summed E-state index contributed by atoms with van der Waals surface area (Å²) in [5, 5.41) is 4.17. The number of hydrogen-bond donors (Lipinski definition) is 1. The quantitative estimate of drug-likeness (QED) is 0.658. The molecule has 0 saturated heterocycles. The largest absolute Gasteiger partial charge is 0.493 e. The van der Waals surface area contributed by atoms with Gasteiger partial charge in [0.1, 0.15) is 5.82 Å². The van der Waals surface area contributed by atoms with Crippen LogP contribution in [0.4, 0.5) is 5.82 Å². The number of nitrogens with zero attached hydrogens (tertiary/aromatic N) is 2. The molecule has 0 aliphatic rings. The topological polar surface area (TPSA) is 96.4 Å². The Morgan fingerprint density at radius 3 is 2.27 bits per heavy atom. The van der Waals surface area contributed by atoms with E-state index >= 15 is 0 Å². The Balaban J connectivity index is 2.07. The first kappa shape index (κ1) is 18.3. The molecule has 0 atom stereocenters. The lowest BCUT2D eigenvalue weighted by atomic mass is 10.2. The third-order valence-corrected chi connectivity index (χ3v) is 5.85. The average molecular weight is 438 g/mol. The third-order valence-electron chi connectivity index (χ3n) is 3.72. The van der Waals surface area contributed by atoms with Gasteiger partial charge in [-0.05, 0) is 24.3 Å². The van der Waals surface area contributed by atoms with Gasteiger partial charge in [0.15, 0.2) is 11.5 Å². The molecule has 1 heterocycles. The summed E-state index contributed by atoms with van der Waals surface area (Å²) in [5.41, 5.74) is 7.12. The van der Waals surface area contributed by atoms with Crippen molar-refractivity contribution in [2.24, 2.45) is 0 Å². The van der Waals surface area contributed by atoms with Gasteiger partial charge in [0.05, 0.1) is 24.8 Å². The molecule has 0 amide bonds. The molecule has 7 nitrogen and oxygen atoms in total. The highest BCUT2D eigenvalue weighted by Gasteiger charge is 2.23. The Kier molecular flexibility index (Phi) is 4.92. The predicted molar refractivity (Wildman–Crippen MR) is 102 cm³/mol. The molecule has 0 saturated carbocycles. The monoisotopic (exact) mass is 437 g/mol.